The summed E-state index contributed by atoms with van der Waals surface area (Å²) in [4.78, 5) is 0. The number of fused-ring (bicyclic) bond motifs is 3. The van der Waals surface area contributed by atoms with Crippen molar-refractivity contribution in [3.8, 4) is 0 Å². The molecule has 0 fully saturated rings. The molecule has 1 aromatic carbocycles. The molecule has 0 atom stereocenters. The first-order chi connectivity index (χ1) is 7.75. The Balaban J connectivity index is 2.17. The Morgan fingerprint density at radius 3 is 3.00 bits per heavy atom. The predicted molar refractivity (Wildman–Crippen MR) is 68.8 cm³/mol. The fourth-order valence-electron chi connectivity index (χ4n) is 2.91. The van der Waals surface area contributed by atoms with Gasteiger partial charge in [-0.05, 0) is 42.9 Å². The average molecular weight is 213 g/mol. The smallest absolute Gasteiger partial charge is 0.0485 e. The molecule has 0 unspecified atom stereocenters. The van der Waals surface area contributed by atoms with E-state index in [0.717, 1.165) is 5.92 Å². The molecule has 1 aromatic heterocycles. The molecule has 2 aromatic rings. The third-order valence-corrected chi connectivity index (χ3v) is 3.56. The highest BCUT2D eigenvalue weighted by atomic mass is 15.0. The number of nitrogens with zero attached hydrogens (tertiary/aromatic N) is 1. The van der Waals surface area contributed by atoms with Crippen LogP contribution in [0.2, 0.25) is 0 Å². The molecule has 0 amide bonds. The summed E-state index contributed by atoms with van der Waals surface area (Å²) in [6.07, 6.45) is 3.77. The van der Waals surface area contributed by atoms with Crippen LogP contribution in [0.4, 0.5) is 0 Å². The van der Waals surface area contributed by atoms with E-state index in [1.165, 1.54) is 48.0 Å². The van der Waals surface area contributed by atoms with Gasteiger partial charge < -0.3 is 4.57 Å². The Bertz CT molecular complexity index is 519. The molecule has 0 N–H and O–H groups in total. The lowest BCUT2D eigenvalue weighted by Crippen LogP contribution is -1.95. The van der Waals surface area contributed by atoms with Crippen molar-refractivity contribution < 1.29 is 0 Å². The van der Waals surface area contributed by atoms with Crippen LogP contribution in [-0.2, 0) is 19.4 Å². The van der Waals surface area contributed by atoms with Crippen molar-refractivity contribution in [2.75, 3.05) is 0 Å². The highest BCUT2D eigenvalue weighted by Gasteiger charge is 2.15. The monoisotopic (exact) mass is 213 g/mol. The molecule has 0 saturated carbocycles. The van der Waals surface area contributed by atoms with Crippen LogP contribution in [0.15, 0.2) is 24.3 Å². The van der Waals surface area contributed by atoms with Crippen molar-refractivity contribution in [2.45, 2.75) is 39.7 Å². The van der Waals surface area contributed by atoms with Crippen LogP contribution in [-0.4, -0.2) is 4.57 Å². The van der Waals surface area contributed by atoms with E-state index in [2.05, 4.69) is 42.7 Å². The van der Waals surface area contributed by atoms with Crippen molar-refractivity contribution in [3.05, 3.63) is 35.5 Å². The Morgan fingerprint density at radius 2 is 2.19 bits per heavy atom. The van der Waals surface area contributed by atoms with Crippen LogP contribution < -0.4 is 0 Å². The Morgan fingerprint density at radius 1 is 1.31 bits per heavy atom. The lowest BCUT2D eigenvalue weighted by atomic mass is 9.99. The quantitative estimate of drug-likeness (QED) is 0.715. The third-order valence-electron chi connectivity index (χ3n) is 3.56. The minimum absolute atomic E-state index is 0.736. The zero-order valence-electron chi connectivity index (χ0n) is 10.2. The number of benzene rings is 1. The average Bonchev–Trinajstić information content (AvgIpc) is 2.77. The second-order valence-corrected chi connectivity index (χ2v) is 5.34. The normalized spacial score (nSPS) is 14.9. The van der Waals surface area contributed by atoms with Crippen LogP contribution in [0.5, 0.6) is 0 Å². The summed E-state index contributed by atoms with van der Waals surface area (Å²) < 4.78 is 2.50. The number of hydrogen-bond donors (Lipinski definition) is 0. The molecule has 0 saturated heterocycles. The Hall–Kier alpha value is -1.24. The predicted octanol–water partition coefficient (Wildman–Crippen LogP) is 3.79. The lowest BCUT2D eigenvalue weighted by molar-refractivity contribution is 0.650. The van der Waals surface area contributed by atoms with Crippen LogP contribution >= 0.6 is 0 Å². The largest absolute Gasteiger partial charge is 0.345 e. The maximum absolute atomic E-state index is 2.50. The van der Waals surface area contributed by atoms with Crippen LogP contribution in [0, 0.1) is 5.92 Å². The first kappa shape index (κ1) is 9.95. The first-order valence-corrected chi connectivity index (χ1v) is 6.35. The third kappa shape index (κ3) is 1.46. The summed E-state index contributed by atoms with van der Waals surface area (Å²) in [5.41, 5.74) is 4.51. The van der Waals surface area contributed by atoms with E-state index in [-0.39, 0.29) is 0 Å². The zero-order chi connectivity index (χ0) is 11.1. The molecule has 0 bridgehead atoms. The van der Waals surface area contributed by atoms with Gasteiger partial charge >= 0.3 is 0 Å². The van der Waals surface area contributed by atoms with Crippen molar-refractivity contribution >= 4 is 10.9 Å². The maximum atomic E-state index is 2.50. The van der Waals surface area contributed by atoms with Gasteiger partial charge in [-0.2, -0.15) is 0 Å². The van der Waals surface area contributed by atoms with Crippen LogP contribution in [0.1, 0.15) is 31.5 Å². The van der Waals surface area contributed by atoms with Crippen molar-refractivity contribution in [1.29, 1.82) is 0 Å². The lowest BCUT2D eigenvalue weighted by Gasteiger charge is -2.07. The number of aryl methyl sites for hydroxylation is 2. The Labute approximate surface area is 97.1 Å². The molecule has 84 valence electrons. The summed E-state index contributed by atoms with van der Waals surface area (Å²) in [5, 5.41) is 1.49. The molecule has 0 aliphatic carbocycles. The van der Waals surface area contributed by atoms with E-state index in [1.54, 1.807) is 0 Å². The van der Waals surface area contributed by atoms with Crippen molar-refractivity contribution in [1.82, 2.24) is 4.57 Å². The number of aromatic nitrogens is 1. The number of hydrogen-bond acceptors (Lipinski definition) is 0. The molecule has 1 aliphatic rings. The second kappa shape index (κ2) is 3.65. The summed E-state index contributed by atoms with van der Waals surface area (Å²) in [5.74, 6) is 0.736. The second-order valence-electron chi connectivity index (χ2n) is 5.34. The maximum Gasteiger partial charge on any atom is 0.0485 e. The number of rotatable bonds is 2. The molecule has 1 heteroatoms. The summed E-state index contributed by atoms with van der Waals surface area (Å²) >= 11 is 0. The first-order valence-electron chi connectivity index (χ1n) is 6.35. The molecule has 1 nitrogen and oxygen atoms in total. The van der Waals surface area contributed by atoms with E-state index in [0.29, 0.717) is 0 Å². The minimum atomic E-state index is 0.736. The van der Waals surface area contributed by atoms with Crippen molar-refractivity contribution in [2.24, 2.45) is 5.92 Å². The standard InChI is InChI=1S/C15H19N/c1-11(2)9-12-5-3-7-15-14(12)10-13-6-4-8-16(13)15/h3,5,7,10-11H,4,6,8-9H2,1-2H3. The van der Waals surface area contributed by atoms with Gasteiger partial charge in [-0.25, -0.2) is 0 Å². The fraction of sp³-hybridized carbons (Fsp3) is 0.467. The highest BCUT2D eigenvalue weighted by Crippen LogP contribution is 2.29. The topological polar surface area (TPSA) is 4.93 Å². The molecule has 2 heterocycles. The molecule has 0 radical (unpaired) electrons. The molecule has 3 rings (SSSR count). The SMILES string of the molecule is CC(C)Cc1cccc2c1cc1n2CCC1. The summed E-state index contributed by atoms with van der Waals surface area (Å²) in [6.45, 7) is 5.80. The molecule has 16 heavy (non-hydrogen) atoms. The van der Waals surface area contributed by atoms with E-state index >= 15 is 0 Å². The van der Waals surface area contributed by atoms with Gasteiger partial charge in [0.25, 0.3) is 0 Å². The van der Waals surface area contributed by atoms with Gasteiger partial charge in [0.1, 0.15) is 0 Å². The van der Waals surface area contributed by atoms with E-state index in [1.807, 2.05) is 0 Å². The molecular formula is C15H19N. The zero-order valence-corrected chi connectivity index (χ0v) is 10.2. The van der Waals surface area contributed by atoms with Gasteiger partial charge in [-0.15, -0.1) is 0 Å². The van der Waals surface area contributed by atoms with Crippen molar-refractivity contribution in [3.63, 3.8) is 0 Å². The van der Waals surface area contributed by atoms with Gasteiger partial charge in [0.05, 0.1) is 0 Å². The van der Waals surface area contributed by atoms with Gasteiger partial charge in [0.2, 0.25) is 0 Å². The van der Waals surface area contributed by atoms with Gasteiger partial charge in [-0.1, -0.05) is 26.0 Å². The highest BCUT2D eigenvalue weighted by molar-refractivity contribution is 5.85. The van der Waals surface area contributed by atoms with Gasteiger partial charge in [0, 0.05) is 23.1 Å². The van der Waals surface area contributed by atoms with Crippen LogP contribution in [0.3, 0.4) is 0 Å². The minimum Gasteiger partial charge on any atom is -0.345 e. The van der Waals surface area contributed by atoms with E-state index in [9.17, 15) is 0 Å². The van der Waals surface area contributed by atoms with E-state index in [4.69, 9.17) is 0 Å². The molecule has 0 spiro atoms. The van der Waals surface area contributed by atoms with E-state index < -0.39 is 0 Å². The summed E-state index contributed by atoms with van der Waals surface area (Å²) in [6, 6.07) is 9.19. The summed E-state index contributed by atoms with van der Waals surface area (Å²) in [7, 11) is 0. The van der Waals surface area contributed by atoms with Gasteiger partial charge in [-0.3, -0.25) is 0 Å². The fourth-order valence-corrected chi connectivity index (χ4v) is 2.91. The van der Waals surface area contributed by atoms with Crippen LogP contribution in [0.25, 0.3) is 10.9 Å². The molecular weight excluding hydrogens is 194 g/mol. The molecule has 1 aliphatic heterocycles. The van der Waals surface area contributed by atoms with Gasteiger partial charge in [0.15, 0.2) is 0 Å². The Kier molecular flexibility index (Phi) is 2.27.